The van der Waals surface area contributed by atoms with E-state index in [2.05, 4.69) is 10.1 Å². The van der Waals surface area contributed by atoms with Crippen molar-refractivity contribution in [2.45, 2.75) is 31.6 Å². The molecule has 6 nitrogen and oxygen atoms in total. The third-order valence-corrected chi connectivity index (χ3v) is 5.44. The molecule has 2 aromatic carbocycles. The number of hydrogen-bond donors (Lipinski definition) is 0. The number of aromatic nitrogens is 2. The lowest BCUT2D eigenvalue weighted by molar-refractivity contribution is -0.136. The number of nitrogens with zero attached hydrogens (tertiary/aromatic N) is 3. The second-order valence-electron chi connectivity index (χ2n) is 7.70. The molecule has 0 unspecified atom stereocenters. The molecular weight excluding hydrogens is 354 g/mol. The fourth-order valence-electron chi connectivity index (χ4n) is 3.82. The van der Waals surface area contributed by atoms with Crippen LogP contribution in [-0.2, 0) is 4.79 Å². The van der Waals surface area contributed by atoms with Crippen LogP contribution in [-0.4, -0.2) is 34.0 Å². The lowest BCUT2D eigenvalue weighted by Crippen LogP contribution is -2.50. The first-order valence-electron chi connectivity index (χ1n) is 9.60. The number of amides is 1. The van der Waals surface area contributed by atoms with Crippen LogP contribution in [0.3, 0.4) is 0 Å². The molecule has 3 heterocycles. The number of benzene rings is 2. The van der Waals surface area contributed by atoms with Crippen LogP contribution < -0.4 is 4.74 Å². The van der Waals surface area contributed by atoms with Crippen LogP contribution in [0.5, 0.6) is 11.5 Å². The molecule has 1 fully saturated rings. The zero-order valence-corrected chi connectivity index (χ0v) is 15.8. The Kier molecular flexibility index (Phi) is 3.93. The zero-order valence-electron chi connectivity index (χ0n) is 15.8. The van der Waals surface area contributed by atoms with E-state index < -0.39 is 0 Å². The highest BCUT2D eigenvalue weighted by molar-refractivity contribution is 5.90. The number of carbonyl (C=O) groups excluding carboxylic acids is 1. The van der Waals surface area contributed by atoms with E-state index in [1.165, 1.54) is 0 Å². The van der Waals surface area contributed by atoms with E-state index in [4.69, 9.17) is 9.26 Å². The minimum Gasteiger partial charge on any atom is -0.457 e. The number of ether oxygens (including phenoxy) is 1. The molecule has 0 aliphatic carbocycles. The minimum absolute atomic E-state index is 0.0862. The lowest BCUT2D eigenvalue weighted by atomic mass is 9.85. The first-order chi connectivity index (χ1) is 13.6. The Morgan fingerprint density at radius 1 is 1.04 bits per heavy atom. The Labute approximate surface area is 163 Å². The maximum absolute atomic E-state index is 13.4. The van der Waals surface area contributed by atoms with Crippen molar-refractivity contribution in [1.82, 2.24) is 15.0 Å². The second-order valence-corrected chi connectivity index (χ2v) is 7.70. The average Bonchev–Trinajstić information content (AvgIpc) is 3.14. The van der Waals surface area contributed by atoms with E-state index >= 15 is 0 Å². The standard InChI is InChI=1S/C22H21N3O3/c1-13(2)20-23-21(28-24-20)14-11-25(12-14)22(26)19-15-7-3-5-9-17(15)27-18-10-6-4-8-16(18)19/h3-10,13-14,19H,11-12H2,1-2H3. The van der Waals surface area contributed by atoms with Gasteiger partial charge in [-0.15, -0.1) is 0 Å². The summed E-state index contributed by atoms with van der Waals surface area (Å²) in [5.41, 5.74) is 1.82. The molecule has 6 heteroatoms. The predicted octanol–water partition coefficient (Wildman–Crippen LogP) is 4.06. The normalized spacial score (nSPS) is 16.3. The number of carbonyl (C=O) groups is 1. The van der Waals surface area contributed by atoms with Gasteiger partial charge in [-0.2, -0.15) is 4.98 Å². The van der Waals surface area contributed by atoms with E-state index in [1.54, 1.807) is 0 Å². The fourth-order valence-corrected chi connectivity index (χ4v) is 3.82. The third kappa shape index (κ3) is 2.68. The number of rotatable bonds is 3. The predicted molar refractivity (Wildman–Crippen MR) is 103 cm³/mol. The van der Waals surface area contributed by atoms with E-state index in [9.17, 15) is 4.79 Å². The third-order valence-electron chi connectivity index (χ3n) is 5.44. The molecule has 0 radical (unpaired) electrons. The molecule has 1 saturated heterocycles. The SMILES string of the molecule is CC(C)c1noc(C2CN(C(=O)C3c4ccccc4Oc4ccccc43)C2)n1. The number of likely N-dealkylation sites (tertiary alicyclic amines) is 1. The summed E-state index contributed by atoms with van der Waals surface area (Å²) in [4.78, 5) is 19.7. The minimum atomic E-state index is -0.351. The van der Waals surface area contributed by atoms with Gasteiger partial charge in [0.25, 0.3) is 0 Å². The second kappa shape index (κ2) is 6.48. The largest absolute Gasteiger partial charge is 0.457 e. The first kappa shape index (κ1) is 17.0. The van der Waals surface area contributed by atoms with Crippen LogP contribution in [0.25, 0.3) is 0 Å². The van der Waals surface area contributed by atoms with Gasteiger partial charge in [-0.3, -0.25) is 4.79 Å². The Morgan fingerprint density at radius 2 is 1.64 bits per heavy atom. The van der Waals surface area contributed by atoms with Crippen LogP contribution in [0, 0.1) is 0 Å². The summed E-state index contributed by atoms with van der Waals surface area (Å²) in [7, 11) is 0. The quantitative estimate of drug-likeness (QED) is 0.691. The van der Waals surface area contributed by atoms with Crippen molar-refractivity contribution in [3.8, 4) is 11.5 Å². The Balaban J connectivity index is 1.39. The molecule has 0 spiro atoms. The molecule has 0 N–H and O–H groups in total. The van der Waals surface area contributed by atoms with E-state index in [0.717, 1.165) is 22.6 Å². The number of fused-ring (bicyclic) bond motifs is 2. The number of hydrogen-bond acceptors (Lipinski definition) is 5. The Hall–Kier alpha value is -3.15. The summed E-state index contributed by atoms with van der Waals surface area (Å²) in [6.45, 7) is 5.26. The van der Waals surface area contributed by atoms with Gasteiger partial charge in [0, 0.05) is 30.1 Å². The molecule has 5 rings (SSSR count). The van der Waals surface area contributed by atoms with Gasteiger partial charge in [0.2, 0.25) is 11.8 Å². The molecule has 0 atom stereocenters. The van der Waals surface area contributed by atoms with Gasteiger partial charge in [-0.1, -0.05) is 55.4 Å². The van der Waals surface area contributed by atoms with Crippen molar-refractivity contribution >= 4 is 5.91 Å². The highest BCUT2D eigenvalue weighted by atomic mass is 16.5. The van der Waals surface area contributed by atoms with Crippen LogP contribution in [0.2, 0.25) is 0 Å². The van der Waals surface area contributed by atoms with Crippen LogP contribution >= 0.6 is 0 Å². The summed E-state index contributed by atoms with van der Waals surface area (Å²) in [6, 6.07) is 15.5. The van der Waals surface area contributed by atoms with Crippen molar-refractivity contribution in [3.05, 3.63) is 71.4 Å². The molecule has 0 bridgehead atoms. The molecule has 0 saturated carbocycles. The Morgan fingerprint density at radius 3 is 2.21 bits per heavy atom. The van der Waals surface area contributed by atoms with Gasteiger partial charge in [0.15, 0.2) is 5.82 Å². The average molecular weight is 375 g/mol. The van der Waals surface area contributed by atoms with Crippen LogP contribution in [0.1, 0.15) is 54.4 Å². The van der Waals surface area contributed by atoms with Gasteiger partial charge >= 0.3 is 0 Å². The molecule has 1 aromatic heterocycles. The van der Waals surface area contributed by atoms with Gasteiger partial charge < -0.3 is 14.2 Å². The maximum atomic E-state index is 13.4. The smallest absolute Gasteiger partial charge is 0.234 e. The van der Waals surface area contributed by atoms with E-state index in [-0.39, 0.29) is 23.7 Å². The van der Waals surface area contributed by atoms with Crippen molar-refractivity contribution in [1.29, 1.82) is 0 Å². The van der Waals surface area contributed by atoms with Crippen molar-refractivity contribution < 1.29 is 14.1 Å². The van der Waals surface area contributed by atoms with Crippen LogP contribution in [0.15, 0.2) is 53.1 Å². The monoisotopic (exact) mass is 375 g/mol. The maximum Gasteiger partial charge on any atom is 0.234 e. The van der Waals surface area contributed by atoms with Gasteiger partial charge in [0.1, 0.15) is 11.5 Å². The molecular formula is C22H21N3O3. The highest BCUT2D eigenvalue weighted by Crippen LogP contribution is 2.45. The van der Waals surface area contributed by atoms with Crippen molar-refractivity contribution in [2.75, 3.05) is 13.1 Å². The zero-order chi connectivity index (χ0) is 19.3. The summed E-state index contributed by atoms with van der Waals surface area (Å²) < 4.78 is 11.4. The van der Waals surface area contributed by atoms with E-state index in [0.29, 0.717) is 24.8 Å². The fraction of sp³-hybridized carbons (Fsp3) is 0.318. The molecule has 2 aliphatic heterocycles. The summed E-state index contributed by atoms with van der Waals surface area (Å²) in [5, 5.41) is 4.03. The molecule has 142 valence electrons. The molecule has 28 heavy (non-hydrogen) atoms. The van der Waals surface area contributed by atoms with Gasteiger partial charge in [-0.25, -0.2) is 0 Å². The summed E-state index contributed by atoms with van der Waals surface area (Å²) >= 11 is 0. The summed E-state index contributed by atoms with van der Waals surface area (Å²) in [6.07, 6.45) is 0. The lowest BCUT2D eigenvalue weighted by Gasteiger charge is -2.40. The first-order valence-corrected chi connectivity index (χ1v) is 9.60. The van der Waals surface area contributed by atoms with Crippen LogP contribution in [0.4, 0.5) is 0 Å². The Bertz CT molecular complexity index is 991. The van der Waals surface area contributed by atoms with Crippen molar-refractivity contribution in [2.24, 2.45) is 0 Å². The topological polar surface area (TPSA) is 68.5 Å². The van der Waals surface area contributed by atoms with Gasteiger partial charge in [0.05, 0.1) is 11.8 Å². The van der Waals surface area contributed by atoms with E-state index in [1.807, 2.05) is 67.3 Å². The molecule has 2 aliphatic rings. The summed E-state index contributed by atoms with van der Waals surface area (Å²) in [5.74, 6) is 2.90. The highest BCUT2D eigenvalue weighted by Gasteiger charge is 2.41. The molecule has 1 amide bonds. The van der Waals surface area contributed by atoms with Gasteiger partial charge in [-0.05, 0) is 12.1 Å². The number of para-hydroxylation sites is 2. The van der Waals surface area contributed by atoms with Crippen molar-refractivity contribution in [3.63, 3.8) is 0 Å². The molecule has 3 aromatic rings.